The fourth-order valence-electron chi connectivity index (χ4n) is 3.36. The van der Waals surface area contributed by atoms with Crippen molar-refractivity contribution in [2.24, 2.45) is 7.05 Å². The predicted molar refractivity (Wildman–Crippen MR) is 90.0 cm³/mol. The van der Waals surface area contributed by atoms with Crippen LogP contribution in [0.15, 0.2) is 18.6 Å². The van der Waals surface area contributed by atoms with Crippen LogP contribution >= 0.6 is 0 Å². The first-order valence-corrected chi connectivity index (χ1v) is 8.42. The third-order valence-corrected chi connectivity index (χ3v) is 4.97. The molecule has 1 aliphatic heterocycles. The summed E-state index contributed by atoms with van der Waals surface area (Å²) in [5.41, 5.74) is 2.17. The highest BCUT2D eigenvalue weighted by atomic mass is 15.3. The van der Waals surface area contributed by atoms with Gasteiger partial charge in [0.15, 0.2) is 5.65 Å². The van der Waals surface area contributed by atoms with Crippen molar-refractivity contribution < 1.29 is 0 Å². The quantitative estimate of drug-likeness (QED) is 0.734. The maximum atomic E-state index is 4.63. The number of nitrogens with zero attached hydrogens (tertiary/aromatic N) is 7. The second-order valence-corrected chi connectivity index (χ2v) is 6.85. The van der Waals surface area contributed by atoms with E-state index in [9.17, 15) is 0 Å². The Labute approximate surface area is 139 Å². The SMILES string of the molecule is Cc1nc(N2CC(c3ncc(C4CC4)cn3)C2)c2cnn(C)c2n1. The Morgan fingerprint density at radius 3 is 2.46 bits per heavy atom. The first kappa shape index (κ1) is 13.8. The van der Waals surface area contributed by atoms with Gasteiger partial charge in [-0.15, -0.1) is 0 Å². The van der Waals surface area contributed by atoms with Gasteiger partial charge in [0, 0.05) is 32.5 Å². The molecule has 1 aliphatic carbocycles. The highest BCUT2D eigenvalue weighted by Crippen LogP contribution is 2.39. The molecule has 24 heavy (non-hydrogen) atoms. The predicted octanol–water partition coefficient (Wildman–Crippen LogP) is 1.94. The van der Waals surface area contributed by atoms with Crippen LogP contribution in [0.5, 0.6) is 0 Å². The summed E-state index contributed by atoms with van der Waals surface area (Å²) >= 11 is 0. The number of hydrogen-bond donors (Lipinski definition) is 0. The van der Waals surface area contributed by atoms with Crippen LogP contribution in [-0.4, -0.2) is 42.8 Å². The molecule has 0 unspecified atom stereocenters. The zero-order valence-electron chi connectivity index (χ0n) is 13.8. The zero-order chi connectivity index (χ0) is 16.3. The molecule has 122 valence electrons. The van der Waals surface area contributed by atoms with Gasteiger partial charge in [-0.25, -0.2) is 19.9 Å². The largest absolute Gasteiger partial charge is 0.354 e. The van der Waals surface area contributed by atoms with Gasteiger partial charge in [-0.1, -0.05) is 0 Å². The normalized spacial score (nSPS) is 18.2. The molecule has 2 aliphatic rings. The lowest BCUT2D eigenvalue weighted by atomic mass is 9.98. The fraction of sp³-hybridized carbons (Fsp3) is 0.471. The third kappa shape index (κ3) is 2.15. The molecule has 7 nitrogen and oxygen atoms in total. The van der Waals surface area contributed by atoms with Crippen molar-refractivity contribution in [3.8, 4) is 0 Å². The molecule has 7 heteroatoms. The lowest BCUT2D eigenvalue weighted by Crippen LogP contribution is -2.46. The summed E-state index contributed by atoms with van der Waals surface area (Å²) < 4.78 is 1.80. The molecular weight excluding hydrogens is 302 g/mol. The van der Waals surface area contributed by atoms with Crippen LogP contribution in [0.1, 0.15) is 41.9 Å². The molecule has 0 N–H and O–H groups in total. The number of aryl methyl sites for hydroxylation is 2. The van der Waals surface area contributed by atoms with E-state index in [4.69, 9.17) is 0 Å². The third-order valence-electron chi connectivity index (χ3n) is 4.97. The summed E-state index contributed by atoms with van der Waals surface area (Å²) in [7, 11) is 1.91. The van der Waals surface area contributed by atoms with Crippen molar-refractivity contribution in [1.29, 1.82) is 0 Å². The van der Waals surface area contributed by atoms with E-state index in [1.165, 1.54) is 18.4 Å². The Balaban J connectivity index is 1.37. The first-order valence-electron chi connectivity index (χ1n) is 8.42. The van der Waals surface area contributed by atoms with E-state index in [-0.39, 0.29) is 0 Å². The summed E-state index contributed by atoms with van der Waals surface area (Å²) in [5.74, 6) is 3.77. The molecule has 5 rings (SSSR count). The molecule has 0 spiro atoms. The summed E-state index contributed by atoms with van der Waals surface area (Å²) in [6, 6.07) is 0. The monoisotopic (exact) mass is 321 g/mol. The van der Waals surface area contributed by atoms with Gasteiger partial charge in [0.2, 0.25) is 0 Å². The van der Waals surface area contributed by atoms with Crippen LogP contribution in [-0.2, 0) is 7.05 Å². The summed E-state index contributed by atoms with van der Waals surface area (Å²) in [5, 5.41) is 5.32. The van der Waals surface area contributed by atoms with Crippen molar-refractivity contribution in [3.05, 3.63) is 35.8 Å². The Bertz CT molecular complexity index is 905. The second kappa shape index (κ2) is 4.96. The van der Waals surface area contributed by atoms with Gasteiger partial charge in [-0.05, 0) is 31.2 Å². The first-order chi connectivity index (χ1) is 11.7. The van der Waals surface area contributed by atoms with E-state index in [1.807, 2.05) is 32.6 Å². The van der Waals surface area contributed by atoms with Crippen molar-refractivity contribution in [3.63, 3.8) is 0 Å². The number of rotatable bonds is 3. The Hall–Kier alpha value is -2.57. The maximum absolute atomic E-state index is 4.63. The molecular formula is C17H19N7. The Kier molecular flexibility index (Phi) is 2.86. The number of hydrogen-bond acceptors (Lipinski definition) is 6. The van der Waals surface area contributed by atoms with Gasteiger partial charge in [-0.2, -0.15) is 5.10 Å². The molecule has 1 saturated heterocycles. The van der Waals surface area contributed by atoms with Gasteiger partial charge in [0.25, 0.3) is 0 Å². The summed E-state index contributed by atoms with van der Waals surface area (Å²) in [6.45, 7) is 3.71. The van der Waals surface area contributed by atoms with Gasteiger partial charge in [-0.3, -0.25) is 4.68 Å². The highest BCUT2D eigenvalue weighted by Gasteiger charge is 2.33. The minimum atomic E-state index is 0.375. The molecule has 0 aromatic carbocycles. The van der Waals surface area contributed by atoms with Crippen LogP contribution < -0.4 is 4.90 Å². The summed E-state index contributed by atoms with van der Waals surface area (Å²) in [4.78, 5) is 20.6. The van der Waals surface area contributed by atoms with Crippen molar-refractivity contribution in [2.75, 3.05) is 18.0 Å². The Morgan fingerprint density at radius 2 is 1.75 bits per heavy atom. The van der Waals surface area contributed by atoms with Gasteiger partial charge >= 0.3 is 0 Å². The average Bonchev–Trinajstić information content (AvgIpc) is 3.32. The van der Waals surface area contributed by atoms with E-state index in [0.29, 0.717) is 11.8 Å². The van der Waals surface area contributed by atoms with Crippen molar-refractivity contribution in [1.82, 2.24) is 29.7 Å². The molecule has 0 bridgehead atoms. The lowest BCUT2D eigenvalue weighted by Gasteiger charge is -2.39. The van der Waals surface area contributed by atoms with E-state index < -0.39 is 0 Å². The van der Waals surface area contributed by atoms with Crippen LogP contribution in [0, 0.1) is 6.92 Å². The number of anilines is 1. The number of fused-ring (bicyclic) bond motifs is 1. The van der Waals surface area contributed by atoms with Gasteiger partial charge in [0.05, 0.1) is 17.5 Å². The fourth-order valence-corrected chi connectivity index (χ4v) is 3.36. The van der Waals surface area contributed by atoms with Crippen molar-refractivity contribution in [2.45, 2.75) is 31.6 Å². The minimum Gasteiger partial charge on any atom is -0.354 e. The highest BCUT2D eigenvalue weighted by molar-refractivity contribution is 5.87. The lowest BCUT2D eigenvalue weighted by molar-refractivity contribution is 0.496. The van der Waals surface area contributed by atoms with Crippen LogP contribution in [0.4, 0.5) is 5.82 Å². The van der Waals surface area contributed by atoms with Gasteiger partial charge < -0.3 is 4.90 Å². The molecule has 3 aromatic rings. The maximum Gasteiger partial charge on any atom is 0.163 e. The van der Waals surface area contributed by atoms with E-state index in [0.717, 1.165) is 41.6 Å². The van der Waals surface area contributed by atoms with Crippen LogP contribution in [0.2, 0.25) is 0 Å². The molecule has 2 fully saturated rings. The summed E-state index contributed by atoms with van der Waals surface area (Å²) in [6.07, 6.45) is 8.44. The molecule has 3 aromatic heterocycles. The second-order valence-electron chi connectivity index (χ2n) is 6.85. The topological polar surface area (TPSA) is 72.6 Å². The van der Waals surface area contributed by atoms with Crippen LogP contribution in [0.25, 0.3) is 11.0 Å². The van der Waals surface area contributed by atoms with Crippen LogP contribution in [0.3, 0.4) is 0 Å². The van der Waals surface area contributed by atoms with Gasteiger partial charge in [0.1, 0.15) is 17.5 Å². The smallest absolute Gasteiger partial charge is 0.163 e. The van der Waals surface area contributed by atoms with E-state index >= 15 is 0 Å². The minimum absolute atomic E-state index is 0.375. The standard InChI is InChI=1S/C17H19N7/c1-10-21-16-14(7-20-23(16)2)17(22-10)24-8-13(9-24)15-18-5-12(6-19-15)11-3-4-11/h5-7,11,13H,3-4,8-9H2,1-2H3. The zero-order valence-corrected chi connectivity index (χ0v) is 13.8. The van der Waals surface area contributed by atoms with E-state index in [2.05, 4.69) is 29.9 Å². The van der Waals surface area contributed by atoms with E-state index in [1.54, 1.807) is 4.68 Å². The molecule has 0 radical (unpaired) electrons. The molecule has 0 amide bonds. The average molecular weight is 321 g/mol. The number of aromatic nitrogens is 6. The Morgan fingerprint density at radius 1 is 1.00 bits per heavy atom. The molecule has 0 atom stereocenters. The molecule has 1 saturated carbocycles. The van der Waals surface area contributed by atoms with Crippen molar-refractivity contribution >= 4 is 16.9 Å². The molecule has 4 heterocycles.